The van der Waals surface area contributed by atoms with Gasteiger partial charge in [0.05, 0.1) is 0 Å². The molecule has 1 N–H and O–H groups in total. The van der Waals surface area contributed by atoms with Crippen molar-refractivity contribution in [2.45, 2.75) is 0 Å². The Morgan fingerprint density at radius 1 is 0.889 bits per heavy atom. The molecule has 0 bridgehead atoms. The van der Waals surface area contributed by atoms with Gasteiger partial charge in [0.2, 0.25) is 0 Å². The molecule has 4 rings (SSSR count). The third-order valence-electron chi connectivity index (χ3n) is 3.36. The van der Waals surface area contributed by atoms with E-state index >= 15 is 0 Å². The minimum absolute atomic E-state index is 0.693. The van der Waals surface area contributed by atoms with Gasteiger partial charge in [-0.3, -0.25) is 0 Å². The molecular formula is C15H9NOS. The molecule has 86 valence electrons. The van der Waals surface area contributed by atoms with Crippen LogP contribution in [0.25, 0.3) is 20.5 Å². The van der Waals surface area contributed by atoms with E-state index in [1.807, 2.05) is 30.3 Å². The molecule has 1 aromatic heterocycles. The molecule has 0 saturated heterocycles. The van der Waals surface area contributed by atoms with Crippen molar-refractivity contribution in [2.24, 2.45) is 5.16 Å². The quantitative estimate of drug-likeness (QED) is 0.370. The first-order valence-corrected chi connectivity index (χ1v) is 6.55. The Labute approximate surface area is 108 Å². The fourth-order valence-corrected chi connectivity index (χ4v) is 3.84. The van der Waals surface area contributed by atoms with Crippen LogP contribution in [0.1, 0.15) is 11.1 Å². The highest BCUT2D eigenvalue weighted by Crippen LogP contribution is 2.46. The number of hydrogen-bond donors (Lipinski definition) is 1. The Morgan fingerprint density at radius 2 is 1.61 bits per heavy atom. The predicted molar refractivity (Wildman–Crippen MR) is 74.7 cm³/mol. The number of fused-ring (bicyclic) bond motifs is 5. The molecule has 3 heteroatoms. The van der Waals surface area contributed by atoms with E-state index in [1.54, 1.807) is 11.3 Å². The van der Waals surface area contributed by atoms with E-state index in [-0.39, 0.29) is 0 Å². The number of hydrogen-bond acceptors (Lipinski definition) is 3. The van der Waals surface area contributed by atoms with Crippen molar-refractivity contribution in [2.75, 3.05) is 0 Å². The minimum atomic E-state index is 0.693. The summed E-state index contributed by atoms with van der Waals surface area (Å²) in [7, 11) is 0. The van der Waals surface area contributed by atoms with Crippen LogP contribution in [0, 0.1) is 0 Å². The monoisotopic (exact) mass is 251 g/mol. The van der Waals surface area contributed by atoms with Gasteiger partial charge < -0.3 is 5.21 Å². The molecule has 0 unspecified atom stereocenters. The van der Waals surface area contributed by atoms with E-state index in [0.29, 0.717) is 5.71 Å². The van der Waals surface area contributed by atoms with Crippen molar-refractivity contribution >= 4 is 27.1 Å². The predicted octanol–water partition coefficient (Wildman–Crippen LogP) is 4.11. The van der Waals surface area contributed by atoms with Crippen molar-refractivity contribution in [3.63, 3.8) is 0 Å². The summed E-state index contributed by atoms with van der Waals surface area (Å²) in [5.41, 5.74) is 3.95. The Morgan fingerprint density at radius 3 is 2.44 bits per heavy atom. The number of benzene rings is 2. The van der Waals surface area contributed by atoms with Gasteiger partial charge in [-0.25, -0.2) is 0 Å². The van der Waals surface area contributed by atoms with Crippen molar-refractivity contribution in [3.8, 4) is 10.4 Å². The van der Waals surface area contributed by atoms with Crippen molar-refractivity contribution in [1.82, 2.24) is 0 Å². The van der Waals surface area contributed by atoms with Gasteiger partial charge in [-0.1, -0.05) is 47.6 Å². The van der Waals surface area contributed by atoms with Crippen molar-refractivity contribution in [3.05, 3.63) is 59.7 Å². The lowest BCUT2D eigenvalue weighted by Gasteiger charge is -1.99. The van der Waals surface area contributed by atoms with Gasteiger partial charge in [0.15, 0.2) is 0 Å². The SMILES string of the molecule is O/N=C1\c2ccccc2-c2sc3ccccc3c21. The molecule has 1 heterocycles. The Balaban J connectivity index is 2.20. The van der Waals surface area contributed by atoms with E-state index < -0.39 is 0 Å². The third-order valence-corrected chi connectivity index (χ3v) is 4.56. The van der Waals surface area contributed by atoms with Crippen LogP contribution >= 0.6 is 11.3 Å². The molecule has 0 spiro atoms. The largest absolute Gasteiger partial charge is 0.410 e. The van der Waals surface area contributed by atoms with Crippen LogP contribution in [0.5, 0.6) is 0 Å². The second-order valence-electron chi connectivity index (χ2n) is 4.30. The molecule has 0 atom stereocenters. The van der Waals surface area contributed by atoms with Gasteiger partial charge in [0.1, 0.15) is 5.71 Å². The molecule has 1 aliphatic rings. The number of thiophene rings is 1. The maximum Gasteiger partial charge on any atom is 0.119 e. The van der Waals surface area contributed by atoms with E-state index in [2.05, 4.69) is 23.4 Å². The fraction of sp³-hybridized carbons (Fsp3) is 0. The highest BCUT2D eigenvalue weighted by atomic mass is 32.1. The Hall–Kier alpha value is -2.13. The Kier molecular flexibility index (Phi) is 1.88. The summed E-state index contributed by atoms with van der Waals surface area (Å²) in [6.07, 6.45) is 0. The number of rotatable bonds is 0. The third kappa shape index (κ3) is 1.09. The van der Waals surface area contributed by atoms with Crippen LogP contribution in [0.4, 0.5) is 0 Å². The standard InChI is InChI=1S/C15H9NOS/c17-16-14-9-5-1-2-6-10(9)15-13(14)11-7-3-4-8-12(11)18-15/h1-8,17H/b16-14+. The lowest BCUT2D eigenvalue weighted by atomic mass is 10.1. The van der Waals surface area contributed by atoms with Gasteiger partial charge in [-0.15, -0.1) is 11.3 Å². The van der Waals surface area contributed by atoms with Crippen molar-refractivity contribution < 1.29 is 5.21 Å². The maximum atomic E-state index is 9.33. The van der Waals surface area contributed by atoms with Gasteiger partial charge >= 0.3 is 0 Å². The molecule has 2 aromatic carbocycles. The van der Waals surface area contributed by atoms with Crippen LogP contribution < -0.4 is 0 Å². The molecular weight excluding hydrogens is 242 g/mol. The van der Waals surface area contributed by atoms with Crippen molar-refractivity contribution in [1.29, 1.82) is 0 Å². The van der Waals surface area contributed by atoms with E-state index in [9.17, 15) is 5.21 Å². The number of nitrogens with zero attached hydrogens (tertiary/aromatic N) is 1. The van der Waals surface area contributed by atoms with Gasteiger partial charge in [0.25, 0.3) is 0 Å². The summed E-state index contributed by atoms with van der Waals surface area (Å²) < 4.78 is 1.23. The Bertz CT molecular complexity index is 801. The first-order valence-electron chi connectivity index (χ1n) is 5.74. The van der Waals surface area contributed by atoms with Gasteiger partial charge in [-0.2, -0.15) is 0 Å². The first-order chi connectivity index (χ1) is 8.90. The topological polar surface area (TPSA) is 32.6 Å². The summed E-state index contributed by atoms with van der Waals surface area (Å²) >= 11 is 1.76. The average molecular weight is 251 g/mol. The maximum absolute atomic E-state index is 9.33. The lowest BCUT2D eigenvalue weighted by Crippen LogP contribution is -1.97. The van der Waals surface area contributed by atoms with Crippen LogP contribution in [-0.4, -0.2) is 10.9 Å². The molecule has 0 amide bonds. The number of oxime groups is 1. The minimum Gasteiger partial charge on any atom is -0.410 e. The summed E-state index contributed by atoms with van der Waals surface area (Å²) in [6, 6.07) is 16.3. The van der Waals surface area contributed by atoms with Gasteiger partial charge in [0, 0.05) is 31.7 Å². The summed E-state index contributed by atoms with van der Waals surface area (Å²) in [6.45, 7) is 0. The second kappa shape index (κ2) is 3.43. The molecule has 0 aliphatic heterocycles. The zero-order chi connectivity index (χ0) is 12.1. The zero-order valence-electron chi connectivity index (χ0n) is 9.42. The summed E-state index contributed by atoms with van der Waals surface area (Å²) in [4.78, 5) is 1.21. The molecule has 2 nitrogen and oxygen atoms in total. The lowest BCUT2D eigenvalue weighted by molar-refractivity contribution is 0.320. The zero-order valence-corrected chi connectivity index (χ0v) is 10.2. The second-order valence-corrected chi connectivity index (χ2v) is 5.35. The average Bonchev–Trinajstić information content (AvgIpc) is 2.93. The highest BCUT2D eigenvalue weighted by molar-refractivity contribution is 7.23. The van der Waals surface area contributed by atoms with E-state index in [0.717, 1.165) is 11.1 Å². The van der Waals surface area contributed by atoms with E-state index in [1.165, 1.54) is 20.5 Å². The molecule has 3 aromatic rings. The smallest absolute Gasteiger partial charge is 0.119 e. The van der Waals surface area contributed by atoms with Crippen LogP contribution in [0.2, 0.25) is 0 Å². The molecule has 0 radical (unpaired) electrons. The van der Waals surface area contributed by atoms with Crippen LogP contribution in [0.15, 0.2) is 53.7 Å². The summed E-state index contributed by atoms with van der Waals surface area (Å²) in [5, 5.41) is 14.0. The van der Waals surface area contributed by atoms with Crippen LogP contribution in [0.3, 0.4) is 0 Å². The van der Waals surface area contributed by atoms with Crippen LogP contribution in [-0.2, 0) is 0 Å². The molecule has 0 saturated carbocycles. The summed E-state index contributed by atoms with van der Waals surface area (Å²) in [5.74, 6) is 0. The fourth-order valence-electron chi connectivity index (χ4n) is 2.60. The normalized spacial score (nSPS) is 15.0. The molecule has 0 fully saturated rings. The molecule has 18 heavy (non-hydrogen) atoms. The highest BCUT2D eigenvalue weighted by Gasteiger charge is 2.29. The van der Waals surface area contributed by atoms with E-state index in [4.69, 9.17) is 0 Å². The first kappa shape index (κ1) is 9.85. The van der Waals surface area contributed by atoms with Gasteiger partial charge in [-0.05, 0) is 6.07 Å². The molecule has 1 aliphatic carbocycles.